The highest BCUT2D eigenvalue weighted by Crippen LogP contribution is 2.11. The third-order valence-corrected chi connectivity index (χ3v) is 2.48. The summed E-state index contributed by atoms with van der Waals surface area (Å²) in [6.07, 6.45) is 3.16. The summed E-state index contributed by atoms with van der Waals surface area (Å²) in [5.41, 5.74) is 1.58. The van der Waals surface area contributed by atoms with Crippen molar-refractivity contribution in [1.82, 2.24) is 4.98 Å². The molecular formula is C14H13N3O3. The Morgan fingerprint density at radius 1 is 1.05 bits per heavy atom. The van der Waals surface area contributed by atoms with Gasteiger partial charge in [-0.25, -0.2) is 9.59 Å². The number of aromatic nitrogens is 1. The second-order valence-corrected chi connectivity index (χ2v) is 3.89. The average molecular weight is 271 g/mol. The van der Waals surface area contributed by atoms with E-state index < -0.39 is 5.97 Å². The van der Waals surface area contributed by atoms with E-state index in [1.165, 1.54) is 7.11 Å². The van der Waals surface area contributed by atoms with Gasteiger partial charge in [-0.15, -0.1) is 0 Å². The third kappa shape index (κ3) is 3.55. The van der Waals surface area contributed by atoms with E-state index in [-0.39, 0.29) is 6.03 Å². The number of anilines is 2. The summed E-state index contributed by atoms with van der Waals surface area (Å²) >= 11 is 0. The van der Waals surface area contributed by atoms with Gasteiger partial charge in [-0.3, -0.25) is 4.98 Å². The molecule has 0 spiro atoms. The van der Waals surface area contributed by atoms with Crippen molar-refractivity contribution in [3.05, 3.63) is 54.4 Å². The van der Waals surface area contributed by atoms with Gasteiger partial charge in [0, 0.05) is 11.9 Å². The number of carbonyl (C=O) groups excluding carboxylic acids is 2. The van der Waals surface area contributed by atoms with Crippen LogP contribution in [-0.4, -0.2) is 24.1 Å². The fraction of sp³-hybridized carbons (Fsp3) is 0.0714. The van der Waals surface area contributed by atoms with E-state index >= 15 is 0 Å². The summed E-state index contributed by atoms with van der Waals surface area (Å²) in [5.74, 6) is -0.420. The van der Waals surface area contributed by atoms with Gasteiger partial charge < -0.3 is 15.4 Å². The van der Waals surface area contributed by atoms with Crippen molar-refractivity contribution in [2.45, 2.75) is 0 Å². The van der Waals surface area contributed by atoms with Crippen LogP contribution < -0.4 is 10.6 Å². The predicted molar refractivity (Wildman–Crippen MR) is 74.7 cm³/mol. The van der Waals surface area contributed by atoms with Gasteiger partial charge >= 0.3 is 12.0 Å². The molecule has 0 atom stereocenters. The standard InChI is InChI=1S/C14H13N3O3/c1-20-13(18)10-4-6-11(7-5-10)16-14(19)17-12-3-2-8-15-9-12/h2-9H,1H3,(H2,16,17,19). The topological polar surface area (TPSA) is 80.3 Å². The van der Waals surface area contributed by atoms with E-state index in [9.17, 15) is 9.59 Å². The molecule has 0 aliphatic rings. The van der Waals surface area contributed by atoms with Gasteiger partial charge in [-0.2, -0.15) is 0 Å². The molecule has 6 nitrogen and oxygen atoms in total. The van der Waals surface area contributed by atoms with Crippen LogP contribution in [0, 0.1) is 0 Å². The van der Waals surface area contributed by atoms with E-state index in [0.29, 0.717) is 16.9 Å². The highest BCUT2D eigenvalue weighted by molar-refractivity contribution is 6.00. The van der Waals surface area contributed by atoms with E-state index in [2.05, 4.69) is 20.4 Å². The second kappa shape index (κ2) is 6.33. The molecule has 0 radical (unpaired) electrons. The molecule has 102 valence electrons. The molecular weight excluding hydrogens is 258 g/mol. The number of benzene rings is 1. The largest absolute Gasteiger partial charge is 0.465 e. The SMILES string of the molecule is COC(=O)c1ccc(NC(=O)Nc2cccnc2)cc1. The Kier molecular flexibility index (Phi) is 4.28. The number of pyridine rings is 1. The zero-order valence-corrected chi connectivity index (χ0v) is 10.8. The Morgan fingerprint density at radius 2 is 1.75 bits per heavy atom. The number of amides is 2. The number of esters is 1. The number of hydrogen-bond acceptors (Lipinski definition) is 4. The minimum Gasteiger partial charge on any atom is -0.465 e. The molecule has 2 rings (SSSR count). The minimum atomic E-state index is -0.420. The normalized spacial score (nSPS) is 9.65. The summed E-state index contributed by atoms with van der Waals surface area (Å²) in [6.45, 7) is 0. The van der Waals surface area contributed by atoms with Crippen LogP contribution >= 0.6 is 0 Å². The van der Waals surface area contributed by atoms with Crippen molar-refractivity contribution >= 4 is 23.4 Å². The molecule has 2 N–H and O–H groups in total. The fourth-order valence-electron chi connectivity index (χ4n) is 1.54. The van der Waals surface area contributed by atoms with Crippen LogP contribution in [0.3, 0.4) is 0 Å². The first-order chi connectivity index (χ1) is 9.69. The lowest BCUT2D eigenvalue weighted by molar-refractivity contribution is 0.0601. The number of nitrogens with one attached hydrogen (secondary N) is 2. The number of hydrogen-bond donors (Lipinski definition) is 2. The van der Waals surface area contributed by atoms with Crippen molar-refractivity contribution in [3.8, 4) is 0 Å². The zero-order valence-electron chi connectivity index (χ0n) is 10.8. The molecule has 1 aromatic carbocycles. The van der Waals surface area contributed by atoms with Crippen molar-refractivity contribution in [3.63, 3.8) is 0 Å². The summed E-state index contributed by atoms with van der Waals surface area (Å²) in [4.78, 5) is 26.9. The van der Waals surface area contributed by atoms with Gasteiger partial charge in [-0.1, -0.05) is 0 Å². The Labute approximate surface area is 115 Å². The van der Waals surface area contributed by atoms with Gasteiger partial charge in [0.25, 0.3) is 0 Å². The average Bonchev–Trinajstić information content (AvgIpc) is 2.48. The van der Waals surface area contributed by atoms with Crippen LogP contribution in [0.25, 0.3) is 0 Å². The van der Waals surface area contributed by atoms with E-state index in [1.54, 1.807) is 48.8 Å². The number of nitrogens with zero attached hydrogens (tertiary/aromatic N) is 1. The first kappa shape index (κ1) is 13.5. The lowest BCUT2D eigenvalue weighted by atomic mass is 10.2. The first-order valence-corrected chi connectivity index (χ1v) is 5.85. The van der Waals surface area contributed by atoms with E-state index in [1.807, 2.05) is 0 Å². The Balaban J connectivity index is 1.96. The molecule has 0 fully saturated rings. The number of ether oxygens (including phenoxy) is 1. The molecule has 0 unspecified atom stereocenters. The summed E-state index contributed by atoms with van der Waals surface area (Å²) in [5, 5.41) is 5.28. The minimum absolute atomic E-state index is 0.385. The number of methoxy groups -OCH3 is 1. The maximum atomic E-state index is 11.7. The zero-order chi connectivity index (χ0) is 14.4. The Morgan fingerprint density at radius 3 is 2.35 bits per heavy atom. The monoisotopic (exact) mass is 271 g/mol. The molecule has 20 heavy (non-hydrogen) atoms. The van der Waals surface area contributed by atoms with Crippen LogP contribution in [0.15, 0.2) is 48.8 Å². The van der Waals surface area contributed by atoms with Crippen molar-refractivity contribution in [2.24, 2.45) is 0 Å². The summed E-state index contributed by atoms with van der Waals surface area (Å²) in [6, 6.07) is 9.46. The number of rotatable bonds is 3. The van der Waals surface area contributed by atoms with E-state index in [0.717, 1.165) is 0 Å². The molecule has 1 heterocycles. The maximum Gasteiger partial charge on any atom is 0.337 e. The van der Waals surface area contributed by atoms with Crippen LogP contribution in [0.2, 0.25) is 0 Å². The molecule has 0 aliphatic heterocycles. The lowest BCUT2D eigenvalue weighted by Crippen LogP contribution is -2.19. The molecule has 0 aliphatic carbocycles. The first-order valence-electron chi connectivity index (χ1n) is 5.85. The molecule has 0 saturated heterocycles. The molecule has 2 amide bonds. The quantitative estimate of drug-likeness (QED) is 0.840. The summed E-state index contributed by atoms with van der Waals surface area (Å²) < 4.78 is 4.59. The molecule has 0 saturated carbocycles. The molecule has 0 bridgehead atoms. The second-order valence-electron chi connectivity index (χ2n) is 3.89. The third-order valence-electron chi connectivity index (χ3n) is 2.48. The predicted octanol–water partition coefficient (Wildman–Crippen LogP) is 2.51. The Bertz CT molecular complexity index is 597. The van der Waals surface area contributed by atoms with Gasteiger partial charge in [0.05, 0.1) is 24.6 Å². The fourth-order valence-corrected chi connectivity index (χ4v) is 1.54. The lowest BCUT2D eigenvalue weighted by Gasteiger charge is -2.07. The summed E-state index contributed by atoms with van der Waals surface area (Å²) in [7, 11) is 1.32. The number of urea groups is 1. The molecule has 2 aromatic rings. The van der Waals surface area contributed by atoms with Crippen LogP contribution in [0.1, 0.15) is 10.4 Å². The van der Waals surface area contributed by atoms with Gasteiger partial charge in [0.1, 0.15) is 0 Å². The van der Waals surface area contributed by atoms with Gasteiger partial charge in [-0.05, 0) is 36.4 Å². The van der Waals surface area contributed by atoms with Gasteiger partial charge in [0.15, 0.2) is 0 Å². The molecule has 6 heteroatoms. The van der Waals surface area contributed by atoms with Crippen molar-refractivity contribution in [2.75, 3.05) is 17.7 Å². The van der Waals surface area contributed by atoms with Crippen LogP contribution in [-0.2, 0) is 4.74 Å². The van der Waals surface area contributed by atoms with Crippen LogP contribution in [0.5, 0.6) is 0 Å². The molecule has 1 aromatic heterocycles. The Hall–Kier alpha value is -2.89. The number of carbonyl (C=O) groups is 2. The van der Waals surface area contributed by atoms with Crippen LogP contribution in [0.4, 0.5) is 16.2 Å². The maximum absolute atomic E-state index is 11.7. The van der Waals surface area contributed by atoms with E-state index in [4.69, 9.17) is 0 Å². The highest BCUT2D eigenvalue weighted by atomic mass is 16.5. The van der Waals surface area contributed by atoms with Crippen molar-refractivity contribution in [1.29, 1.82) is 0 Å². The highest BCUT2D eigenvalue weighted by Gasteiger charge is 2.06. The van der Waals surface area contributed by atoms with Crippen molar-refractivity contribution < 1.29 is 14.3 Å². The van der Waals surface area contributed by atoms with Gasteiger partial charge in [0.2, 0.25) is 0 Å². The smallest absolute Gasteiger partial charge is 0.337 e.